The van der Waals surface area contributed by atoms with E-state index in [-0.39, 0.29) is 24.3 Å². The van der Waals surface area contributed by atoms with Crippen molar-refractivity contribution in [1.82, 2.24) is 5.32 Å². The second kappa shape index (κ2) is 8.49. The number of amides is 1. The summed E-state index contributed by atoms with van der Waals surface area (Å²) in [5.74, 6) is 0.120. The van der Waals surface area contributed by atoms with Crippen LogP contribution in [-0.4, -0.2) is 23.2 Å². The first kappa shape index (κ1) is 17.2. The van der Waals surface area contributed by atoms with Gasteiger partial charge in [0.15, 0.2) is 0 Å². The van der Waals surface area contributed by atoms with E-state index in [1.165, 1.54) is 5.56 Å². The van der Waals surface area contributed by atoms with Crippen LogP contribution in [0.5, 0.6) is 0 Å². The average molecular weight is 311 g/mol. The SMILES string of the molecule is C[C@H](NC(=O)C[C@@H](O)Cc1ccccc1)[C@@H](C)c1ccccc1. The minimum Gasteiger partial charge on any atom is -0.392 e. The molecule has 0 aliphatic carbocycles. The second-order valence-corrected chi connectivity index (χ2v) is 6.10. The fourth-order valence-corrected chi connectivity index (χ4v) is 2.66. The normalized spacial score (nSPS) is 14.7. The van der Waals surface area contributed by atoms with Crippen LogP contribution in [0.4, 0.5) is 0 Å². The molecule has 3 atom stereocenters. The van der Waals surface area contributed by atoms with Gasteiger partial charge in [0.1, 0.15) is 0 Å². The molecule has 0 radical (unpaired) electrons. The van der Waals surface area contributed by atoms with Crippen LogP contribution < -0.4 is 5.32 Å². The Morgan fingerprint density at radius 3 is 2.17 bits per heavy atom. The van der Waals surface area contributed by atoms with Crippen molar-refractivity contribution in [2.75, 3.05) is 0 Å². The maximum Gasteiger partial charge on any atom is 0.222 e. The topological polar surface area (TPSA) is 49.3 Å². The first-order valence-electron chi connectivity index (χ1n) is 8.12. The second-order valence-electron chi connectivity index (χ2n) is 6.10. The van der Waals surface area contributed by atoms with Crippen molar-refractivity contribution < 1.29 is 9.90 Å². The minimum atomic E-state index is -0.656. The van der Waals surface area contributed by atoms with E-state index in [1.54, 1.807) is 0 Å². The van der Waals surface area contributed by atoms with Crippen LogP contribution in [0.1, 0.15) is 37.3 Å². The fraction of sp³-hybridized carbons (Fsp3) is 0.350. The number of hydrogen-bond donors (Lipinski definition) is 2. The van der Waals surface area contributed by atoms with E-state index >= 15 is 0 Å². The molecule has 23 heavy (non-hydrogen) atoms. The molecular weight excluding hydrogens is 286 g/mol. The molecule has 0 heterocycles. The third-order valence-electron chi connectivity index (χ3n) is 4.20. The molecule has 0 fully saturated rings. The number of benzene rings is 2. The molecule has 0 spiro atoms. The molecule has 2 aromatic rings. The number of aliphatic hydroxyl groups excluding tert-OH is 1. The quantitative estimate of drug-likeness (QED) is 0.824. The molecule has 2 aromatic carbocycles. The summed E-state index contributed by atoms with van der Waals surface area (Å²) >= 11 is 0. The number of hydrogen-bond acceptors (Lipinski definition) is 2. The van der Waals surface area contributed by atoms with E-state index in [0.717, 1.165) is 5.56 Å². The maximum absolute atomic E-state index is 12.1. The molecule has 3 heteroatoms. The zero-order valence-corrected chi connectivity index (χ0v) is 13.8. The van der Waals surface area contributed by atoms with Gasteiger partial charge in [-0.05, 0) is 24.5 Å². The average Bonchev–Trinajstić information content (AvgIpc) is 2.55. The summed E-state index contributed by atoms with van der Waals surface area (Å²) in [7, 11) is 0. The standard InChI is InChI=1S/C20H25NO2/c1-15(18-11-7-4-8-12-18)16(2)21-20(23)14-19(22)13-17-9-5-3-6-10-17/h3-12,15-16,19,22H,13-14H2,1-2H3,(H,21,23)/t15-,16+,19+/m1/s1. The fourth-order valence-electron chi connectivity index (χ4n) is 2.66. The highest BCUT2D eigenvalue weighted by Crippen LogP contribution is 2.18. The van der Waals surface area contributed by atoms with Crippen molar-refractivity contribution in [3.63, 3.8) is 0 Å². The van der Waals surface area contributed by atoms with Gasteiger partial charge in [-0.3, -0.25) is 4.79 Å². The monoisotopic (exact) mass is 311 g/mol. The third-order valence-corrected chi connectivity index (χ3v) is 4.20. The van der Waals surface area contributed by atoms with Crippen molar-refractivity contribution in [3.05, 3.63) is 71.8 Å². The summed E-state index contributed by atoms with van der Waals surface area (Å²) in [6.45, 7) is 4.10. The molecule has 2 N–H and O–H groups in total. The van der Waals surface area contributed by atoms with Crippen molar-refractivity contribution in [3.8, 4) is 0 Å². The first-order valence-corrected chi connectivity index (χ1v) is 8.12. The molecule has 1 amide bonds. The molecular formula is C20H25NO2. The lowest BCUT2D eigenvalue weighted by molar-refractivity contribution is -0.123. The van der Waals surface area contributed by atoms with Crippen LogP contribution in [-0.2, 0) is 11.2 Å². The number of carbonyl (C=O) groups excluding carboxylic acids is 1. The highest BCUT2D eigenvalue weighted by atomic mass is 16.3. The van der Waals surface area contributed by atoms with Crippen molar-refractivity contribution in [1.29, 1.82) is 0 Å². The number of carbonyl (C=O) groups is 1. The zero-order valence-electron chi connectivity index (χ0n) is 13.8. The Morgan fingerprint density at radius 1 is 1.00 bits per heavy atom. The lowest BCUT2D eigenvalue weighted by atomic mass is 9.94. The Morgan fingerprint density at radius 2 is 1.57 bits per heavy atom. The van der Waals surface area contributed by atoms with Gasteiger partial charge in [-0.1, -0.05) is 67.6 Å². The van der Waals surface area contributed by atoms with Crippen LogP contribution in [0.15, 0.2) is 60.7 Å². The molecule has 0 aromatic heterocycles. The Balaban J connectivity index is 1.82. The summed E-state index contributed by atoms with van der Waals surface area (Å²) in [6, 6.07) is 19.9. The van der Waals surface area contributed by atoms with E-state index in [1.807, 2.05) is 55.5 Å². The summed E-state index contributed by atoms with van der Waals surface area (Å²) < 4.78 is 0. The van der Waals surface area contributed by atoms with Crippen LogP contribution in [0, 0.1) is 0 Å². The van der Waals surface area contributed by atoms with E-state index in [9.17, 15) is 9.90 Å². The Kier molecular flexibility index (Phi) is 6.36. The molecule has 3 nitrogen and oxygen atoms in total. The van der Waals surface area contributed by atoms with Gasteiger partial charge < -0.3 is 10.4 Å². The molecule has 0 aliphatic heterocycles. The summed E-state index contributed by atoms with van der Waals surface area (Å²) in [5.41, 5.74) is 2.24. The molecule has 0 unspecified atom stereocenters. The first-order chi connectivity index (χ1) is 11.1. The maximum atomic E-state index is 12.1. The molecule has 0 saturated heterocycles. The molecule has 0 aliphatic rings. The molecule has 2 rings (SSSR count). The predicted molar refractivity (Wildman–Crippen MR) is 93.2 cm³/mol. The van der Waals surface area contributed by atoms with Crippen molar-refractivity contribution in [2.45, 2.75) is 44.8 Å². The van der Waals surface area contributed by atoms with Crippen LogP contribution in [0.2, 0.25) is 0 Å². The smallest absolute Gasteiger partial charge is 0.222 e. The van der Waals surface area contributed by atoms with Gasteiger partial charge in [-0.15, -0.1) is 0 Å². The van der Waals surface area contributed by atoms with Gasteiger partial charge in [0.2, 0.25) is 5.91 Å². The Labute approximate surface area is 138 Å². The van der Waals surface area contributed by atoms with E-state index < -0.39 is 6.10 Å². The van der Waals surface area contributed by atoms with Crippen LogP contribution >= 0.6 is 0 Å². The number of nitrogens with one attached hydrogen (secondary N) is 1. The van der Waals surface area contributed by atoms with Gasteiger partial charge in [0.25, 0.3) is 0 Å². The van der Waals surface area contributed by atoms with E-state index in [2.05, 4.69) is 24.4 Å². The van der Waals surface area contributed by atoms with E-state index in [0.29, 0.717) is 6.42 Å². The van der Waals surface area contributed by atoms with Gasteiger partial charge >= 0.3 is 0 Å². The van der Waals surface area contributed by atoms with Crippen LogP contribution in [0.3, 0.4) is 0 Å². The summed E-state index contributed by atoms with van der Waals surface area (Å²) in [4.78, 5) is 12.1. The summed E-state index contributed by atoms with van der Waals surface area (Å²) in [5, 5.41) is 13.1. The van der Waals surface area contributed by atoms with Gasteiger partial charge in [0.05, 0.1) is 12.5 Å². The highest BCUT2D eigenvalue weighted by molar-refractivity contribution is 5.76. The Bertz CT molecular complexity index is 598. The van der Waals surface area contributed by atoms with E-state index in [4.69, 9.17) is 0 Å². The zero-order chi connectivity index (χ0) is 16.7. The molecule has 0 saturated carbocycles. The lowest BCUT2D eigenvalue weighted by Crippen LogP contribution is -2.38. The number of aliphatic hydroxyl groups is 1. The van der Waals surface area contributed by atoms with Gasteiger partial charge in [0, 0.05) is 12.0 Å². The largest absolute Gasteiger partial charge is 0.392 e. The number of rotatable bonds is 7. The highest BCUT2D eigenvalue weighted by Gasteiger charge is 2.18. The molecule has 122 valence electrons. The minimum absolute atomic E-state index is 0.0221. The summed E-state index contributed by atoms with van der Waals surface area (Å²) in [6.07, 6.45) is -0.0333. The Hall–Kier alpha value is -2.13. The van der Waals surface area contributed by atoms with Crippen molar-refractivity contribution >= 4 is 5.91 Å². The van der Waals surface area contributed by atoms with Gasteiger partial charge in [-0.25, -0.2) is 0 Å². The van der Waals surface area contributed by atoms with Crippen LogP contribution in [0.25, 0.3) is 0 Å². The van der Waals surface area contributed by atoms with Gasteiger partial charge in [-0.2, -0.15) is 0 Å². The predicted octanol–water partition coefficient (Wildman–Crippen LogP) is 3.29. The third kappa shape index (κ3) is 5.53. The lowest BCUT2D eigenvalue weighted by Gasteiger charge is -2.22. The van der Waals surface area contributed by atoms with Crippen molar-refractivity contribution in [2.24, 2.45) is 0 Å². The molecule has 0 bridgehead atoms.